The van der Waals surface area contributed by atoms with Crippen LogP contribution in [0.15, 0.2) is 0 Å². The van der Waals surface area contributed by atoms with Crippen molar-refractivity contribution in [1.82, 2.24) is 5.32 Å². The molecule has 0 bridgehead atoms. The summed E-state index contributed by atoms with van der Waals surface area (Å²) in [5.41, 5.74) is 0. The molecular weight excluding hydrogens is 274 g/mol. The number of hydrogen-bond donors (Lipinski definition) is 2. The van der Waals surface area contributed by atoms with Crippen LogP contribution in [0.1, 0.15) is 59.8 Å². The average Bonchev–Trinajstić information content (AvgIpc) is 2.32. The molecule has 0 aromatic heterocycles. The Balaban J connectivity index is 3.86. The molecule has 1 unspecified atom stereocenters. The van der Waals surface area contributed by atoms with Gasteiger partial charge in [-0.2, -0.15) is 0 Å². The summed E-state index contributed by atoms with van der Waals surface area (Å²) in [6, 6.07) is 0. The van der Waals surface area contributed by atoms with Crippen molar-refractivity contribution in [1.29, 1.82) is 0 Å². The number of nitrogens with one attached hydrogen (secondary N) is 1. The Bertz CT molecular complexity index is 300. The van der Waals surface area contributed by atoms with Crippen molar-refractivity contribution in [2.75, 3.05) is 12.3 Å². The predicted molar refractivity (Wildman–Crippen MR) is 85.1 cm³/mol. The number of carbonyl (C=O) groups is 2. The predicted octanol–water partition coefficient (Wildman–Crippen LogP) is 3.31. The first-order valence-corrected chi connectivity index (χ1v) is 8.35. The van der Waals surface area contributed by atoms with Crippen LogP contribution in [0.25, 0.3) is 0 Å². The van der Waals surface area contributed by atoms with Crippen LogP contribution < -0.4 is 5.32 Å². The summed E-state index contributed by atoms with van der Waals surface area (Å²) >= 11 is 1.64. The number of hydrogen-bond acceptors (Lipinski definition) is 3. The highest BCUT2D eigenvalue weighted by molar-refractivity contribution is 8.01. The van der Waals surface area contributed by atoms with Crippen molar-refractivity contribution < 1.29 is 14.7 Å². The van der Waals surface area contributed by atoms with Gasteiger partial charge in [0, 0.05) is 17.7 Å². The molecule has 0 rings (SSSR count). The minimum absolute atomic E-state index is 0.0680. The van der Waals surface area contributed by atoms with Crippen LogP contribution in [0.2, 0.25) is 0 Å². The van der Waals surface area contributed by atoms with E-state index in [-0.39, 0.29) is 17.1 Å². The molecule has 0 heterocycles. The lowest BCUT2D eigenvalue weighted by atomic mass is 9.94. The summed E-state index contributed by atoms with van der Waals surface area (Å²) in [4.78, 5) is 22.3. The topological polar surface area (TPSA) is 66.4 Å². The van der Waals surface area contributed by atoms with Gasteiger partial charge in [-0.15, -0.1) is 11.8 Å². The maximum absolute atomic E-state index is 11.7. The van der Waals surface area contributed by atoms with Gasteiger partial charge >= 0.3 is 5.97 Å². The molecular formula is C15H29NO3S. The second kappa shape index (κ2) is 10.1. The molecule has 4 nitrogen and oxygen atoms in total. The zero-order chi connectivity index (χ0) is 15.6. The lowest BCUT2D eigenvalue weighted by molar-refractivity contribution is -0.137. The monoisotopic (exact) mass is 303 g/mol. The molecule has 5 heteroatoms. The van der Waals surface area contributed by atoms with Crippen molar-refractivity contribution in [3.63, 3.8) is 0 Å². The zero-order valence-electron chi connectivity index (χ0n) is 13.2. The third-order valence-electron chi connectivity index (χ3n) is 2.97. The number of aliphatic carboxylic acids is 1. The molecule has 0 aromatic carbocycles. The van der Waals surface area contributed by atoms with Gasteiger partial charge in [0.25, 0.3) is 0 Å². The van der Waals surface area contributed by atoms with Crippen molar-refractivity contribution in [2.45, 2.75) is 64.5 Å². The largest absolute Gasteiger partial charge is 0.481 e. The van der Waals surface area contributed by atoms with Gasteiger partial charge in [-0.25, -0.2) is 0 Å². The molecule has 0 saturated carbocycles. The van der Waals surface area contributed by atoms with E-state index in [4.69, 9.17) is 5.11 Å². The number of carbonyl (C=O) groups excluding carboxylic acids is 1. The number of carboxylic acid groups (broad SMARTS) is 1. The fraction of sp³-hybridized carbons (Fsp3) is 0.867. The summed E-state index contributed by atoms with van der Waals surface area (Å²) in [6.07, 6.45) is 3.87. The molecule has 0 saturated heterocycles. The fourth-order valence-electron chi connectivity index (χ4n) is 1.92. The Morgan fingerprint density at radius 1 is 1.20 bits per heavy atom. The van der Waals surface area contributed by atoms with Crippen molar-refractivity contribution >= 4 is 23.6 Å². The van der Waals surface area contributed by atoms with Crippen molar-refractivity contribution in [3.8, 4) is 0 Å². The van der Waals surface area contributed by atoms with E-state index in [0.717, 1.165) is 19.3 Å². The highest BCUT2D eigenvalue weighted by atomic mass is 32.2. The first-order valence-electron chi connectivity index (χ1n) is 7.37. The number of thioether (sulfide) groups is 1. The van der Waals surface area contributed by atoms with E-state index in [1.165, 1.54) is 0 Å². The molecule has 2 N–H and O–H groups in total. The van der Waals surface area contributed by atoms with Crippen LogP contribution in [0.3, 0.4) is 0 Å². The van der Waals surface area contributed by atoms with Crippen LogP contribution >= 0.6 is 11.8 Å². The molecule has 0 radical (unpaired) electrons. The molecule has 20 heavy (non-hydrogen) atoms. The van der Waals surface area contributed by atoms with E-state index < -0.39 is 5.97 Å². The molecule has 118 valence electrons. The first-order chi connectivity index (χ1) is 9.24. The van der Waals surface area contributed by atoms with Crippen LogP contribution in [0, 0.1) is 5.92 Å². The third kappa shape index (κ3) is 12.3. The van der Waals surface area contributed by atoms with Crippen LogP contribution in [0.4, 0.5) is 0 Å². The number of rotatable bonds is 10. The lowest BCUT2D eigenvalue weighted by Gasteiger charge is -2.18. The van der Waals surface area contributed by atoms with Crippen LogP contribution in [-0.2, 0) is 9.59 Å². The first kappa shape index (κ1) is 19.3. The summed E-state index contributed by atoms with van der Waals surface area (Å²) in [5.74, 6) is 0.207. The van der Waals surface area contributed by atoms with Crippen LogP contribution in [-0.4, -0.2) is 34.0 Å². The van der Waals surface area contributed by atoms with E-state index in [9.17, 15) is 9.59 Å². The van der Waals surface area contributed by atoms with Crippen molar-refractivity contribution in [2.24, 2.45) is 5.92 Å². The highest BCUT2D eigenvalue weighted by Crippen LogP contribution is 2.22. The van der Waals surface area contributed by atoms with Gasteiger partial charge in [0.2, 0.25) is 5.91 Å². The normalized spacial score (nSPS) is 13.0. The van der Waals surface area contributed by atoms with Gasteiger partial charge in [0.1, 0.15) is 0 Å². The summed E-state index contributed by atoms with van der Waals surface area (Å²) < 4.78 is 0.101. The van der Waals surface area contributed by atoms with Gasteiger partial charge < -0.3 is 10.4 Å². The Morgan fingerprint density at radius 3 is 2.35 bits per heavy atom. The van der Waals surface area contributed by atoms with E-state index in [1.54, 1.807) is 11.8 Å². The van der Waals surface area contributed by atoms with E-state index in [0.29, 0.717) is 24.6 Å². The fourth-order valence-corrected chi connectivity index (χ4v) is 2.58. The zero-order valence-corrected chi connectivity index (χ0v) is 14.0. The smallest absolute Gasteiger partial charge is 0.303 e. The van der Waals surface area contributed by atoms with Gasteiger partial charge in [0.15, 0.2) is 0 Å². The second-order valence-corrected chi connectivity index (χ2v) is 7.93. The molecule has 1 amide bonds. The quantitative estimate of drug-likeness (QED) is 0.650. The van der Waals surface area contributed by atoms with Gasteiger partial charge in [0.05, 0.1) is 5.75 Å². The maximum atomic E-state index is 11.7. The second-order valence-electron chi connectivity index (χ2n) is 6.13. The molecule has 0 spiro atoms. The molecule has 0 aliphatic heterocycles. The van der Waals surface area contributed by atoms with Gasteiger partial charge in [-0.3, -0.25) is 9.59 Å². The molecule has 0 aromatic rings. The van der Waals surface area contributed by atoms with Crippen LogP contribution in [0.5, 0.6) is 0 Å². The van der Waals surface area contributed by atoms with E-state index in [2.05, 4.69) is 33.0 Å². The Kier molecular flexibility index (Phi) is 9.72. The lowest BCUT2D eigenvalue weighted by Crippen LogP contribution is -2.29. The van der Waals surface area contributed by atoms with Crippen molar-refractivity contribution in [3.05, 3.63) is 0 Å². The molecule has 0 aliphatic carbocycles. The summed E-state index contributed by atoms with van der Waals surface area (Å²) in [5, 5.41) is 11.6. The molecule has 0 aliphatic rings. The maximum Gasteiger partial charge on any atom is 0.303 e. The van der Waals surface area contributed by atoms with E-state index >= 15 is 0 Å². The van der Waals surface area contributed by atoms with Gasteiger partial charge in [-0.1, -0.05) is 40.5 Å². The molecule has 0 fully saturated rings. The molecule has 1 atom stereocenters. The standard InChI is InChI=1S/C15H29NO3S/c1-5-6-12(7-8-14(18)19)9-10-16-13(17)11-20-15(2,3)4/h12H,5-11H2,1-4H3,(H,16,17)(H,18,19). The number of carboxylic acids is 1. The minimum atomic E-state index is -0.739. The Morgan fingerprint density at radius 2 is 1.85 bits per heavy atom. The minimum Gasteiger partial charge on any atom is -0.481 e. The SMILES string of the molecule is CCCC(CCNC(=O)CSC(C)(C)C)CCC(=O)O. The third-order valence-corrected chi connectivity index (χ3v) is 4.25. The average molecular weight is 303 g/mol. The highest BCUT2D eigenvalue weighted by Gasteiger charge is 2.14. The van der Waals surface area contributed by atoms with Gasteiger partial charge in [-0.05, 0) is 18.8 Å². The Hall–Kier alpha value is -0.710. The summed E-state index contributed by atoms with van der Waals surface area (Å²) in [7, 11) is 0. The Labute approximate surface area is 127 Å². The number of amides is 1. The summed E-state index contributed by atoms with van der Waals surface area (Å²) in [6.45, 7) is 9.02. The van der Waals surface area contributed by atoms with E-state index in [1.807, 2.05) is 0 Å².